The third kappa shape index (κ3) is 9.33. The number of aliphatic hydroxyl groups excluding tert-OH is 1. The van der Waals surface area contributed by atoms with Crippen LogP contribution in [0.1, 0.15) is 24.5 Å². The van der Waals surface area contributed by atoms with Gasteiger partial charge in [0, 0.05) is 32.8 Å². The van der Waals surface area contributed by atoms with E-state index in [1.165, 1.54) is 11.1 Å². The van der Waals surface area contributed by atoms with Gasteiger partial charge in [0.1, 0.15) is 18.5 Å². The molecule has 0 spiro atoms. The van der Waals surface area contributed by atoms with E-state index in [4.69, 9.17) is 9.47 Å². The van der Waals surface area contributed by atoms with Gasteiger partial charge < -0.3 is 19.9 Å². The molecule has 0 radical (unpaired) electrons. The molecule has 0 heterocycles. The number of nitrogens with one attached hydrogen (secondary N) is 1. The van der Waals surface area contributed by atoms with Crippen molar-refractivity contribution >= 4 is 0 Å². The van der Waals surface area contributed by atoms with Crippen molar-refractivity contribution in [2.75, 3.05) is 40.0 Å². The molecule has 0 fully saturated rings. The number of aliphatic hydroxyl groups is 1. The van der Waals surface area contributed by atoms with Crippen molar-refractivity contribution in [2.45, 2.75) is 32.5 Å². The number of nitrogens with zero attached hydrogens (tertiary/aromatic N) is 1. The van der Waals surface area contributed by atoms with Crippen molar-refractivity contribution in [1.29, 1.82) is 0 Å². The second-order valence-electron chi connectivity index (χ2n) is 7.02. The Morgan fingerprint density at radius 2 is 1.79 bits per heavy atom. The van der Waals surface area contributed by atoms with E-state index in [1.807, 2.05) is 44.3 Å². The molecule has 5 heteroatoms. The summed E-state index contributed by atoms with van der Waals surface area (Å²) in [6.07, 6.45) is 0.492. The summed E-state index contributed by atoms with van der Waals surface area (Å²) in [6.45, 7) is 7.04. The number of hydrogen-bond donors (Lipinski definition) is 2. The molecule has 2 aromatic rings. The minimum Gasteiger partial charge on any atom is -0.491 e. The Morgan fingerprint density at radius 1 is 1.04 bits per heavy atom. The smallest absolute Gasteiger partial charge is 0.119 e. The third-order valence-electron chi connectivity index (χ3n) is 4.36. The zero-order valence-electron chi connectivity index (χ0n) is 17.1. The van der Waals surface area contributed by atoms with Gasteiger partial charge in [0.25, 0.3) is 0 Å². The van der Waals surface area contributed by atoms with Crippen molar-refractivity contribution in [1.82, 2.24) is 10.2 Å². The summed E-state index contributed by atoms with van der Waals surface area (Å²) in [5.41, 5.74) is 2.45. The average Bonchev–Trinajstić information content (AvgIpc) is 2.70. The Bertz CT molecular complexity index is 634. The fourth-order valence-corrected chi connectivity index (χ4v) is 2.94. The summed E-state index contributed by atoms with van der Waals surface area (Å²) in [4.78, 5) is 2.10. The van der Waals surface area contributed by atoms with Gasteiger partial charge in [0.2, 0.25) is 0 Å². The van der Waals surface area contributed by atoms with Gasteiger partial charge in [-0.3, -0.25) is 4.90 Å². The van der Waals surface area contributed by atoms with Crippen LogP contribution < -0.4 is 10.1 Å². The van der Waals surface area contributed by atoms with E-state index in [0.29, 0.717) is 6.54 Å². The normalized spacial score (nSPS) is 12.3. The van der Waals surface area contributed by atoms with Crippen molar-refractivity contribution in [3.05, 3.63) is 65.7 Å². The maximum Gasteiger partial charge on any atom is 0.119 e. The molecule has 0 saturated carbocycles. The molecule has 2 aromatic carbocycles. The quantitative estimate of drug-likeness (QED) is 0.489. The predicted octanol–water partition coefficient (Wildman–Crippen LogP) is 3.07. The van der Waals surface area contributed by atoms with Crippen LogP contribution in [0.2, 0.25) is 0 Å². The molecule has 0 aliphatic rings. The molecule has 0 aliphatic carbocycles. The van der Waals surface area contributed by atoms with E-state index in [0.717, 1.165) is 45.0 Å². The summed E-state index contributed by atoms with van der Waals surface area (Å²) in [6, 6.07) is 18.3. The first-order chi connectivity index (χ1) is 13.7. The fraction of sp³-hybridized carbons (Fsp3) is 0.478. The Morgan fingerprint density at radius 3 is 2.50 bits per heavy atom. The van der Waals surface area contributed by atoms with Gasteiger partial charge in [-0.05, 0) is 50.2 Å². The minimum absolute atomic E-state index is 0.286. The molecular formula is C23H34N2O3. The summed E-state index contributed by atoms with van der Waals surface area (Å²) >= 11 is 0. The lowest BCUT2D eigenvalue weighted by Gasteiger charge is -2.21. The van der Waals surface area contributed by atoms with Crippen LogP contribution in [0.15, 0.2) is 54.6 Å². The summed E-state index contributed by atoms with van der Waals surface area (Å²) < 4.78 is 11.1. The largest absolute Gasteiger partial charge is 0.491 e. The summed E-state index contributed by atoms with van der Waals surface area (Å²) in [7, 11) is 2.01. The van der Waals surface area contributed by atoms with Crippen LogP contribution >= 0.6 is 0 Å². The summed E-state index contributed by atoms with van der Waals surface area (Å²) in [5, 5.41) is 13.6. The zero-order valence-corrected chi connectivity index (χ0v) is 17.1. The van der Waals surface area contributed by atoms with Crippen molar-refractivity contribution in [3.63, 3.8) is 0 Å². The van der Waals surface area contributed by atoms with Gasteiger partial charge in [-0.15, -0.1) is 0 Å². The lowest BCUT2D eigenvalue weighted by Crippen LogP contribution is -2.32. The van der Waals surface area contributed by atoms with Gasteiger partial charge in [-0.1, -0.05) is 42.5 Å². The van der Waals surface area contributed by atoms with Crippen LogP contribution in [0.25, 0.3) is 0 Å². The van der Waals surface area contributed by atoms with Crippen LogP contribution in [0, 0.1) is 0 Å². The molecule has 0 saturated heterocycles. The number of rotatable bonds is 14. The van der Waals surface area contributed by atoms with E-state index in [9.17, 15) is 5.11 Å². The molecule has 2 rings (SSSR count). The Kier molecular flexibility index (Phi) is 10.6. The molecular weight excluding hydrogens is 352 g/mol. The topological polar surface area (TPSA) is 54.0 Å². The molecule has 1 unspecified atom stereocenters. The van der Waals surface area contributed by atoms with Crippen LogP contribution in [-0.2, 0) is 17.8 Å². The van der Waals surface area contributed by atoms with Crippen LogP contribution in [0.3, 0.4) is 0 Å². The first kappa shape index (κ1) is 22.4. The van der Waals surface area contributed by atoms with E-state index in [1.54, 1.807) is 0 Å². The molecule has 2 N–H and O–H groups in total. The minimum atomic E-state index is -0.527. The molecule has 0 amide bonds. The van der Waals surface area contributed by atoms with Crippen LogP contribution in [-0.4, -0.2) is 56.1 Å². The zero-order chi connectivity index (χ0) is 20.0. The second-order valence-corrected chi connectivity index (χ2v) is 7.02. The highest BCUT2D eigenvalue weighted by molar-refractivity contribution is 5.27. The molecule has 5 nitrogen and oxygen atoms in total. The molecule has 0 aliphatic heterocycles. The Hall–Kier alpha value is -1.92. The number of benzene rings is 2. The van der Waals surface area contributed by atoms with Crippen molar-refractivity contribution in [2.24, 2.45) is 0 Å². The number of ether oxygens (including phenoxy) is 2. The molecule has 1 atom stereocenters. The van der Waals surface area contributed by atoms with E-state index in [-0.39, 0.29) is 6.61 Å². The molecule has 154 valence electrons. The van der Waals surface area contributed by atoms with Crippen LogP contribution in [0.5, 0.6) is 5.75 Å². The monoisotopic (exact) mass is 386 g/mol. The lowest BCUT2D eigenvalue weighted by molar-refractivity contribution is 0.0744. The average molecular weight is 387 g/mol. The maximum atomic E-state index is 10.2. The highest BCUT2D eigenvalue weighted by atomic mass is 16.5. The Balaban J connectivity index is 1.62. The highest BCUT2D eigenvalue weighted by Gasteiger charge is 2.10. The molecule has 0 aromatic heterocycles. The molecule has 28 heavy (non-hydrogen) atoms. The molecule has 0 bridgehead atoms. The van der Waals surface area contributed by atoms with Crippen molar-refractivity contribution in [3.8, 4) is 5.75 Å². The SMILES string of the molecule is CCOCCCNCc1ccc(OCC(O)CN(C)Cc2ccccc2)cc1. The van der Waals surface area contributed by atoms with Gasteiger partial charge in [-0.2, -0.15) is 0 Å². The third-order valence-corrected chi connectivity index (χ3v) is 4.36. The van der Waals surface area contributed by atoms with E-state index < -0.39 is 6.10 Å². The second kappa shape index (κ2) is 13.3. The fourth-order valence-electron chi connectivity index (χ4n) is 2.94. The number of hydrogen-bond acceptors (Lipinski definition) is 5. The van der Waals surface area contributed by atoms with Gasteiger partial charge >= 0.3 is 0 Å². The van der Waals surface area contributed by atoms with E-state index in [2.05, 4.69) is 34.5 Å². The van der Waals surface area contributed by atoms with Crippen molar-refractivity contribution < 1.29 is 14.6 Å². The summed E-state index contributed by atoms with van der Waals surface area (Å²) in [5.74, 6) is 0.782. The maximum absolute atomic E-state index is 10.2. The van der Waals surface area contributed by atoms with Gasteiger partial charge in [0.05, 0.1) is 0 Å². The van der Waals surface area contributed by atoms with Gasteiger partial charge in [0.15, 0.2) is 0 Å². The standard InChI is InChI=1S/C23H34N2O3/c1-3-27-15-7-14-24-16-20-10-12-23(13-11-20)28-19-22(26)18-25(2)17-21-8-5-4-6-9-21/h4-6,8-13,22,24,26H,3,7,14-19H2,1-2H3. The first-order valence-corrected chi connectivity index (χ1v) is 10.1. The number of likely N-dealkylation sites (N-methyl/N-ethyl adjacent to an activating group) is 1. The van der Waals surface area contributed by atoms with Gasteiger partial charge in [-0.25, -0.2) is 0 Å². The van der Waals surface area contributed by atoms with Crippen LogP contribution in [0.4, 0.5) is 0 Å². The lowest BCUT2D eigenvalue weighted by atomic mass is 10.2. The Labute approximate surface area is 169 Å². The first-order valence-electron chi connectivity index (χ1n) is 10.1. The highest BCUT2D eigenvalue weighted by Crippen LogP contribution is 2.13. The van der Waals surface area contributed by atoms with E-state index >= 15 is 0 Å². The predicted molar refractivity (Wildman–Crippen MR) is 114 cm³/mol.